The van der Waals surface area contributed by atoms with Crippen LogP contribution in [0.3, 0.4) is 0 Å². The van der Waals surface area contributed by atoms with Gasteiger partial charge in [-0.05, 0) is 62.6 Å². The maximum absolute atomic E-state index is 13.3. The maximum atomic E-state index is 13.3. The van der Waals surface area contributed by atoms with Crippen LogP contribution in [0.4, 0.5) is 0 Å². The number of hydrogen-bond donors (Lipinski definition) is 1. The molecule has 1 aliphatic rings. The Labute approximate surface area is 218 Å². The highest BCUT2D eigenvalue weighted by Gasteiger charge is 2.46. The van der Waals surface area contributed by atoms with E-state index in [1.54, 1.807) is 18.2 Å². The van der Waals surface area contributed by atoms with Crippen molar-refractivity contribution in [1.29, 1.82) is 0 Å². The van der Waals surface area contributed by atoms with Gasteiger partial charge in [-0.15, -0.1) is 0 Å². The number of carbonyl (C=O) groups excluding carboxylic acids is 2. The van der Waals surface area contributed by atoms with Gasteiger partial charge in [0.1, 0.15) is 23.9 Å². The predicted molar refractivity (Wildman–Crippen MR) is 143 cm³/mol. The molecule has 0 spiro atoms. The van der Waals surface area contributed by atoms with Gasteiger partial charge in [-0.25, -0.2) is 0 Å². The molecule has 1 heterocycles. The number of nitrogens with zero attached hydrogens (tertiary/aromatic N) is 1. The van der Waals surface area contributed by atoms with Crippen LogP contribution in [0.2, 0.25) is 0 Å². The summed E-state index contributed by atoms with van der Waals surface area (Å²) in [7, 11) is 0. The van der Waals surface area contributed by atoms with Crippen molar-refractivity contribution >= 4 is 17.4 Å². The van der Waals surface area contributed by atoms with E-state index in [0.717, 1.165) is 11.1 Å². The van der Waals surface area contributed by atoms with E-state index in [9.17, 15) is 14.7 Å². The molecule has 0 saturated carbocycles. The van der Waals surface area contributed by atoms with E-state index in [2.05, 4.69) is 0 Å². The number of hydrogen-bond acceptors (Lipinski definition) is 5. The van der Waals surface area contributed by atoms with Crippen LogP contribution in [0.15, 0.2) is 78.4 Å². The number of ether oxygens (including phenoxy) is 2. The molecule has 3 aromatic rings. The summed E-state index contributed by atoms with van der Waals surface area (Å²) in [6, 6.07) is 21.7. The second kappa shape index (κ2) is 11.3. The smallest absolute Gasteiger partial charge is 0.295 e. The number of para-hydroxylation sites is 1. The number of aliphatic hydroxyl groups is 1. The summed E-state index contributed by atoms with van der Waals surface area (Å²) >= 11 is 0. The van der Waals surface area contributed by atoms with E-state index in [1.165, 1.54) is 4.90 Å². The fourth-order valence-electron chi connectivity index (χ4n) is 4.59. The number of aryl methyl sites for hydroxylation is 1. The normalized spacial score (nSPS) is 16.9. The monoisotopic (exact) mass is 499 g/mol. The standard InChI is InChI=1S/C31H33NO5/c1-5-17-32-28(24-13-9-10-14-26(24)37-20(2)3)27(30(34)31(32)35)29(33)23-15-16-25(21(4)18-23)36-19-22-11-7-6-8-12-22/h6-16,18,20,28,33H,5,17,19H2,1-4H3/b29-27-. The van der Waals surface area contributed by atoms with Crippen LogP contribution in [-0.2, 0) is 16.2 Å². The number of likely N-dealkylation sites (tertiary alicyclic amines) is 1. The van der Waals surface area contributed by atoms with Gasteiger partial charge in [-0.1, -0.05) is 55.5 Å². The molecule has 0 radical (unpaired) electrons. The Morgan fingerprint density at radius 1 is 0.973 bits per heavy atom. The Bertz CT molecular complexity index is 1310. The largest absolute Gasteiger partial charge is 0.507 e. The van der Waals surface area contributed by atoms with Crippen molar-refractivity contribution < 1.29 is 24.2 Å². The average molecular weight is 500 g/mol. The molecule has 3 aromatic carbocycles. The van der Waals surface area contributed by atoms with Crippen LogP contribution >= 0.6 is 0 Å². The number of benzene rings is 3. The van der Waals surface area contributed by atoms with Crippen LogP contribution in [0, 0.1) is 6.92 Å². The lowest BCUT2D eigenvalue weighted by Crippen LogP contribution is -2.30. The molecular formula is C31H33NO5. The Kier molecular flexibility index (Phi) is 7.97. The molecule has 1 atom stereocenters. The molecule has 192 valence electrons. The lowest BCUT2D eigenvalue weighted by Gasteiger charge is -2.27. The predicted octanol–water partition coefficient (Wildman–Crippen LogP) is 6.19. The first kappa shape index (κ1) is 26.0. The quantitative estimate of drug-likeness (QED) is 0.216. The molecule has 37 heavy (non-hydrogen) atoms. The van der Waals surface area contributed by atoms with Crippen LogP contribution in [0.5, 0.6) is 11.5 Å². The number of ketones is 1. The molecule has 0 bridgehead atoms. The second-order valence-electron chi connectivity index (χ2n) is 9.45. The van der Waals surface area contributed by atoms with Gasteiger partial charge in [0.15, 0.2) is 0 Å². The maximum Gasteiger partial charge on any atom is 0.295 e. The highest BCUT2D eigenvalue weighted by Crippen LogP contribution is 2.43. The van der Waals surface area contributed by atoms with E-state index in [0.29, 0.717) is 42.2 Å². The van der Waals surface area contributed by atoms with Crippen molar-refractivity contribution in [1.82, 2.24) is 4.90 Å². The molecule has 1 aliphatic heterocycles. The molecule has 1 unspecified atom stereocenters. The third kappa shape index (κ3) is 5.53. The molecule has 6 heteroatoms. The van der Waals surface area contributed by atoms with Crippen molar-refractivity contribution in [2.45, 2.75) is 52.9 Å². The zero-order valence-electron chi connectivity index (χ0n) is 21.7. The number of Topliss-reactive ketones (excluding diaryl/α,β-unsaturated/α-hetero) is 1. The van der Waals surface area contributed by atoms with E-state index in [1.807, 2.05) is 82.3 Å². The van der Waals surface area contributed by atoms with Gasteiger partial charge in [0.05, 0.1) is 17.7 Å². The van der Waals surface area contributed by atoms with Gasteiger partial charge in [0, 0.05) is 17.7 Å². The van der Waals surface area contributed by atoms with Gasteiger partial charge in [0.25, 0.3) is 11.7 Å². The minimum absolute atomic E-state index is 0.0654. The first-order chi connectivity index (χ1) is 17.8. The van der Waals surface area contributed by atoms with Gasteiger partial charge in [0.2, 0.25) is 0 Å². The lowest BCUT2D eigenvalue weighted by atomic mass is 9.94. The first-order valence-electron chi connectivity index (χ1n) is 12.6. The van der Waals surface area contributed by atoms with Crippen LogP contribution in [-0.4, -0.2) is 34.3 Å². The van der Waals surface area contributed by atoms with Gasteiger partial charge in [-0.3, -0.25) is 9.59 Å². The van der Waals surface area contributed by atoms with Crippen molar-refractivity contribution in [3.63, 3.8) is 0 Å². The Hall–Kier alpha value is -4.06. The highest BCUT2D eigenvalue weighted by atomic mass is 16.5. The van der Waals surface area contributed by atoms with E-state index in [-0.39, 0.29) is 17.4 Å². The summed E-state index contributed by atoms with van der Waals surface area (Å²) in [5.41, 5.74) is 3.04. The van der Waals surface area contributed by atoms with Crippen LogP contribution in [0.25, 0.3) is 5.76 Å². The first-order valence-corrected chi connectivity index (χ1v) is 12.6. The number of aliphatic hydroxyl groups excluding tert-OH is 1. The van der Waals surface area contributed by atoms with Crippen molar-refractivity contribution in [3.05, 3.63) is 101 Å². The lowest BCUT2D eigenvalue weighted by molar-refractivity contribution is -0.139. The molecule has 6 nitrogen and oxygen atoms in total. The summed E-state index contributed by atoms with van der Waals surface area (Å²) < 4.78 is 12.0. The van der Waals surface area contributed by atoms with E-state index < -0.39 is 17.7 Å². The molecule has 1 saturated heterocycles. The third-order valence-corrected chi connectivity index (χ3v) is 6.27. The van der Waals surface area contributed by atoms with Crippen molar-refractivity contribution in [2.75, 3.05) is 6.54 Å². The topological polar surface area (TPSA) is 76.1 Å². The number of carbonyl (C=O) groups is 2. The fraction of sp³-hybridized carbons (Fsp3) is 0.290. The molecule has 0 aliphatic carbocycles. The second-order valence-corrected chi connectivity index (χ2v) is 9.45. The molecule has 0 aromatic heterocycles. The Morgan fingerprint density at radius 3 is 2.35 bits per heavy atom. The van der Waals surface area contributed by atoms with Crippen molar-refractivity contribution in [3.8, 4) is 11.5 Å². The van der Waals surface area contributed by atoms with Gasteiger partial charge >= 0.3 is 0 Å². The molecule has 1 amide bonds. The molecule has 1 N–H and O–H groups in total. The molecule has 4 rings (SSSR count). The highest BCUT2D eigenvalue weighted by molar-refractivity contribution is 6.46. The third-order valence-electron chi connectivity index (χ3n) is 6.27. The Balaban J connectivity index is 1.74. The van der Waals surface area contributed by atoms with Crippen LogP contribution < -0.4 is 9.47 Å². The van der Waals surface area contributed by atoms with Gasteiger partial charge in [-0.2, -0.15) is 0 Å². The van der Waals surface area contributed by atoms with E-state index >= 15 is 0 Å². The Morgan fingerprint density at radius 2 is 1.68 bits per heavy atom. The zero-order valence-corrected chi connectivity index (χ0v) is 21.7. The van der Waals surface area contributed by atoms with E-state index in [4.69, 9.17) is 9.47 Å². The minimum atomic E-state index is -0.746. The summed E-state index contributed by atoms with van der Waals surface area (Å²) in [5.74, 6) is -0.264. The molecule has 1 fully saturated rings. The van der Waals surface area contributed by atoms with Crippen LogP contribution in [0.1, 0.15) is 55.5 Å². The minimum Gasteiger partial charge on any atom is -0.507 e. The summed E-state index contributed by atoms with van der Waals surface area (Å²) in [5, 5.41) is 11.4. The SMILES string of the molecule is CCCN1C(=O)C(=O)/C(=C(\O)c2ccc(OCc3ccccc3)c(C)c2)C1c1ccccc1OC(C)C. The summed E-state index contributed by atoms with van der Waals surface area (Å²) in [6.45, 7) is 8.48. The van der Waals surface area contributed by atoms with Gasteiger partial charge < -0.3 is 19.5 Å². The summed E-state index contributed by atoms with van der Waals surface area (Å²) in [4.78, 5) is 27.9. The number of amides is 1. The van der Waals surface area contributed by atoms with Crippen molar-refractivity contribution in [2.24, 2.45) is 0 Å². The molecular weight excluding hydrogens is 466 g/mol. The fourth-order valence-corrected chi connectivity index (χ4v) is 4.59. The average Bonchev–Trinajstić information content (AvgIpc) is 3.13. The zero-order chi connectivity index (χ0) is 26.5. The number of rotatable bonds is 9. The summed E-state index contributed by atoms with van der Waals surface area (Å²) in [6.07, 6.45) is 0.573.